The quantitative estimate of drug-likeness (QED) is 0.328. The first kappa shape index (κ1) is 28.1. The maximum Gasteiger partial charge on any atom is 0.200 e. The van der Waals surface area contributed by atoms with Crippen LogP contribution >= 0.6 is 0 Å². The minimum absolute atomic E-state index is 0.0360. The number of hydrogen-bond acceptors (Lipinski definition) is 2. The summed E-state index contributed by atoms with van der Waals surface area (Å²) in [5, 5.41) is 0. The Balaban J connectivity index is 1.03. The van der Waals surface area contributed by atoms with Crippen LogP contribution in [0.3, 0.4) is 0 Å². The molecule has 0 spiro atoms. The van der Waals surface area contributed by atoms with Crippen LogP contribution in [0.1, 0.15) is 115 Å². The van der Waals surface area contributed by atoms with Gasteiger partial charge >= 0.3 is 0 Å². The first-order valence-corrected chi connectivity index (χ1v) is 15.9. The zero-order valence-corrected chi connectivity index (χ0v) is 23.8. The van der Waals surface area contributed by atoms with E-state index in [1.807, 2.05) is 0 Å². The van der Waals surface area contributed by atoms with Gasteiger partial charge in [-0.25, -0.2) is 4.39 Å². The fraction of sp³-hybridized carbons (Fsp3) is 0.765. The first-order chi connectivity index (χ1) is 18.6. The highest BCUT2D eigenvalue weighted by molar-refractivity contribution is 5.33. The monoisotopic (exact) mass is 528 g/mol. The Bertz CT molecular complexity index is 897. The smallest absolute Gasteiger partial charge is 0.200 e. The molecule has 212 valence electrons. The summed E-state index contributed by atoms with van der Waals surface area (Å²) in [5.41, 5.74) is 0.557. The van der Waals surface area contributed by atoms with Crippen molar-refractivity contribution in [3.63, 3.8) is 0 Å². The maximum absolute atomic E-state index is 14.8. The zero-order chi connectivity index (χ0) is 26.5. The molecule has 0 bridgehead atoms. The standard InChI is InChI=1S/C34H50F2O2/c1-3-5-30-19-18-29(22-38-30)27-12-10-25(11-13-27)23-6-8-24(9-7-23)26-14-16-28(17-15-26)31-20-21-32(37-4-2)34(36)33(31)35/h3,5,20-21,23-30H,4,6-19,22H2,1-2H3/b5-3+. The molecule has 0 N–H and O–H groups in total. The zero-order valence-electron chi connectivity index (χ0n) is 23.8. The lowest BCUT2D eigenvalue weighted by Crippen LogP contribution is -2.34. The molecule has 3 aliphatic carbocycles. The Morgan fingerprint density at radius 3 is 1.68 bits per heavy atom. The Hall–Kier alpha value is -1.42. The predicted octanol–water partition coefficient (Wildman–Crippen LogP) is 9.62. The van der Waals surface area contributed by atoms with Gasteiger partial charge in [0, 0.05) is 0 Å². The Labute approximate surface area is 229 Å². The molecule has 2 nitrogen and oxygen atoms in total. The van der Waals surface area contributed by atoms with E-state index in [1.54, 1.807) is 19.1 Å². The molecule has 0 amide bonds. The predicted molar refractivity (Wildman–Crippen MR) is 150 cm³/mol. The van der Waals surface area contributed by atoms with Crippen molar-refractivity contribution in [3.8, 4) is 5.75 Å². The van der Waals surface area contributed by atoms with E-state index in [9.17, 15) is 8.78 Å². The van der Waals surface area contributed by atoms with Gasteiger partial charge in [-0.3, -0.25) is 0 Å². The average molecular weight is 529 g/mol. The van der Waals surface area contributed by atoms with Crippen molar-refractivity contribution in [2.45, 2.75) is 116 Å². The lowest BCUT2D eigenvalue weighted by atomic mass is 9.64. The minimum atomic E-state index is -0.816. The summed E-state index contributed by atoms with van der Waals surface area (Å²) in [6.07, 6.45) is 22.8. The summed E-state index contributed by atoms with van der Waals surface area (Å²) in [7, 11) is 0. The van der Waals surface area contributed by atoms with E-state index >= 15 is 0 Å². The third kappa shape index (κ3) is 6.48. The van der Waals surface area contributed by atoms with Crippen LogP contribution in [0, 0.1) is 47.1 Å². The van der Waals surface area contributed by atoms with Gasteiger partial charge in [-0.2, -0.15) is 4.39 Å². The second-order valence-electron chi connectivity index (χ2n) is 12.9. The van der Waals surface area contributed by atoms with Crippen LogP contribution in [-0.2, 0) is 4.74 Å². The van der Waals surface area contributed by atoms with Gasteiger partial charge in [0.15, 0.2) is 11.6 Å². The molecule has 38 heavy (non-hydrogen) atoms. The Kier molecular flexibility index (Phi) is 9.84. The molecule has 1 aromatic rings. The molecule has 0 radical (unpaired) electrons. The largest absolute Gasteiger partial charge is 0.491 e. The fourth-order valence-corrected chi connectivity index (χ4v) is 8.74. The SMILES string of the molecule is C/C=C/C1CCC(C2CCC(C3CCC(C4CCC(c5ccc(OCC)c(F)c5F)CC4)CC3)CC2)CO1. The van der Waals surface area contributed by atoms with E-state index in [0.717, 1.165) is 67.8 Å². The molecular weight excluding hydrogens is 478 g/mol. The second-order valence-corrected chi connectivity index (χ2v) is 12.9. The normalized spacial score (nSPS) is 36.8. The highest BCUT2D eigenvalue weighted by Gasteiger charge is 2.37. The lowest BCUT2D eigenvalue weighted by molar-refractivity contribution is -0.0195. The molecule has 1 aliphatic heterocycles. The number of ether oxygens (including phenoxy) is 2. The molecule has 1 aromatic carbocycles. The van der Waals surface area contributed by atoms with Crippen LogP contribution in [0.5, 0.6) is 5.75 Å². The molecule has 4 heteroatoms. The molecule has 4 aliphatic rings. The second kappa shape index (κ2) is 13.3. The van der Waals surface area contributed by atoms with Crippen LogP contribution in [-0.4, -0.2) is 19.3 Å². The Morgan fingerprint density at radius 1 is 0.711 bits per heavy atom. The molecule has 5 rings (SSSR count). The number of halogens is 2. The van der Waals surface area contributed by atoms with Gasteiger partial charge in [-0.15, -0.1) is 0 Å². The van der Waals surface area contributed by atoms with E-state index in [0.29, 0.717) is 18.3 Å². The Morgan fingerprint density at radius 2 is 1.21 bits per heavy atom. The summed E-state index contributed by atoms with van der Waals surface area (Å²) in [5.74, 6) is 3.85. The number of rotatable bonds is 7. The van der Waals surface area contributed by atoms with Crippen LogP contribution < -0.4 is 4.74 Å². The van der Waals surface area contributed by atoms with Crippen molar-refractivity contribution in [1.29, 1.82) is 0 Å². The van der Waals surface area contributed by atoms with Crippen molar-refractivity contribution < 1.29 is 18.3 Å². The van der Waals surface area contributed by atoms with E-state index in [4.69, 9.17) is 9.47 Å². The van der Waals surface area contributed by atoms with E-state index < -0.39 is 11.6 Å². The summed E-state index contributed by atoms with van der Waals surface area (Å²) < 4.78 is 40.5. The fourth-order valence-electron chi connectivity index (χ4n) is 8.74. The van der Waals surface area contributed by atoms with Crippen LogP contribution in [0.4, 0.5) is 8.78 Å². The molecule has 2 unspecified atom stereocenters. The van der Waals surface area contributed by atoms with Gasteiger partial charge in [-0.1, -0.05) is 18.2 Å². The van der Waals surface area contributed by atoms with Crippen molar-refractivity contribution in [2.24, 2.45) is 35.5 Å². The summed E-state index contributed by atoms with van der Waals surface area (Å²) >= 11 is 0. The summed E-state index contributed by atoms with van der Waals surface area (Å²) in [4.78, 5) is 0. The number of hydrogen-bond donors (Lipinski definition) is 0. The minimum Gasteiger partial charge on any atom is -0.491 e. The highest BCUT2D eigenvalue weighted by atomic mass is 19.2. The van der Waals surface area contributed by atoms with Crippen LogP contribution in [0.2, 0.25) is 0 Å². The van der Waals surface area contributed by atoms with Crippen LogP contribution in [0.25, 0.3) is 0 Å². The number of benzene rings is 1. The van der Waals surface area contributed by atoms with E-state index in [2.05, 4.69) is 19.1 Å². The molecule has 1 heterocycles. The first-order valence-electron chi connectivity index (χ1n) is 15.9. The van der Waals surface area contributed by atoms with Crippen molar-refractivity contribution in [1.82, 2.24) is 0 Å². The third-order valence-electron chi connectivity index (χ3n) is 11.0. The maximum atomic E-state index is 14.8. The van der Waals surface area contributed by atoms with Gasteiger partial charge in [0.1, 0.15) is 0 Å². The van der Waals surface area contributed by atoms with Crippen LogP contribution in [0.15, 0.2) is 24.3 Å². The van der Waals surface area contributed by atoms with Crippen molar-refractivity contribution in [2.75, 3.05) is 13.2 Å². The molecular formula is C34H50F2O2. The van der Waals surface area contributed by atoms with Crippen molar-refractivity contribution >= 4 is 0 Å². The number of allylic oxidation sites excluding steroid dienone is 1. The van der Waals surface area contributed by atoms with Gasteiger partial charge in [0.25, 0.3) is 0 Å². The van der Waals surface area contributed by atoms with E-state index in [1.165, 1.54) is 64.2 Å². The van der Waals surface area contributed by atoms with Gasteiger partial charge in [0.2, 0.25) is 5.82 Å². The van der Waals surface area contributed by atoms with Gasteiger partial charge in [-0.05, 0) is 157 Å². The topological polar surface area (TPSA) is 18.5 Å². The molecule has 2 atom stereocenters. The molecule has 1 saturated heterocycles. The van der Waals surface area contributed by atoms with E-state index in [-0.39, 0.29) is 11.7 Å². The molecule has 4 fully saturated rings. The molecule has 3 saturated carbocycles. The highest BCUT2D eigenvalue weighted by Crippen LogP contribution is 2.48. The van der Waals surface area contributed by atoms with Crippen molar-refractivity contribution in [3.05, 3.63) is 41.5 Å². The average Bonchev–Trinajstić information content (AvgIpc) is 2.97. The van der Waals surface area contributed by atoms with Gasteiger partial charge < -0.3 is 9.47 Å². The summed E-state index contributed by atoms with van der Waals surface area (Å²) in [6.45, 7) is 5.19. The molecule has 0 aromatic heterocycles. The third-order valence-corrected chi connectivity index (χ3v) is 11.0. The lowest BCUT2D eigenvalue weighted by Gasteiger charge is -2.43. The summed E-state index contributed by atoms with van der Waals surface area (Å²) in [6, 6.07) is 3.37. The van der Waals surface area contributed by atoms with Gasteiger partial charge in [0.05, 0.1) is 19.3 Å².